The summed E-state index contributed by atoms with van der Waals surface area (Å²) in [7, 11) is 0. The van der Waals surface area contributed by atoms with Gasteiger partial charge in [-0.25, -0.2) is 8.78 Å². The van der Waals surface area contributed by atoms with E-state index in [2.05, 4.69) is 0 Å². The van der Waals surface area contributed by atoms with Crippen molar-refractivity contribution in [3.63, 3.8) is 0 Å². The third-order valence-electron chi connectivity index (χ3n) is 2.54. The molecule has 0 aliphatic carbocycles. The Balaban J connectivity index is 3.10. The summed E-state index contributed by atoms with van der Waals surface area (Å²) >= 11 is 0. The van der Waals surface area contributed by atoms with Crippen LogP contribution in [0.3, 0.4) is 0 Å². The van der Waals surface area contributed by atoms with Gasteiger partial charge < -0.3 is 10.8 Å². The topological polar surface area (TPSA) is 46.2 Å². The molecular formula is C11H15F2NO. The van der Waals surface area contributed by atoms with Crippen LogP contribution >= 0.6 is 0 Å². The third-order valence-corrected chi connectivity index (χ3v) is 2.54. The van der Waals surface area contributed by atoms with E-state index in [1.165, 1.54) is 0 Å². The Kier molecular flexibility index (Phi) is 3.42. The van der Waals surface area contributed by atoms with Gasteiger partial charge in [0.1, 0.15) is 11.6 Å². The fraction of sp³-hybridized carbons (Fsp3) is 0.455. The minimum Gasteiger partial charge on any atom is -0.396 e. The Morgan fingerprint density at radius 3 is 2.53 bits per heavy atom. The monoisotopic (exact) mass is 215 g/mol. The maximum Gasteiger partial charge on any atom is 0.128 e. The van der Waals surface area contributed by atoms with Crippen LogP contribution in [-0.4, -0.2) is 11.7 Å². The molecule has 2 nitrogen and oxygen atoms in total. The molecule has 0 saturated carbocycles. The van der Waals surface area contributed by atoms with Crippen molar-refractivity contribution < 1.29 is 13.9 Å². The number of halogens is 2. The number of nitrogens with two attached hydrogens (primary N) is 1. The molecule has 15 heavy (non-hydrogen) atoms. The van der Waals surface area contributed by atoms with Crippen LogP contribution in [0.15, 0.2) is 18.2 Å². The highest BCUT2D eigenvalue weighted by Gasteiger charge is 2.29. The van der Waals surface area contributed by atoms with Gasteiger partial charge in [-0.2, -0.15) is 0 Å². The van der Waals surface area contributed by atoms with Crippen molar-refractivity contribution in [2.45, 2.75) is 19.9 Å². The predicted octanol–water partition coefficient (Wildman–Crippen LogP) is 1.98. The maximum atomic E-state index is 13.4. The lowest BCUT2D eigenvalue weighted by molar-refractivity contribution is 0.130. The van der Waals surface area contributed by atoms with Crippen LogP contribution in [-0.2, 0) is 0 Å². The van der Waals surface area contributed by atoms with E-state index in [9.17, 15) is 8.78 Å². The highest BCUT2D eigenvalue weighted by molar-refractivity contribution is 5.23. The summed E-state index contributed by atoms with van der Waals surface area (Å²) in [4.78, 5) is 0. The van der Waals surface area contributed by atoms with Crippen LogP contribution in [0, 0.1) is 17.0 Å². The number of hydrogen-bond donors (Lipinski definition) is 2. The van der Waals surface area contributed by atoms with E-state index in [4.69, 9.17) is 10.8 Å². The number of aliphatic hydroxyl groups is 1. The first kappa shape index (κ1) is 12.1. The lowest BCUT2D eigenvalue weighted by Crippen LogP contribution is -2.33. The van der Waals surface area contributed by atoms with Crippen molar-refractivity contribution in [1.29, 1.82) is 0 Å². The zero-order valence-electron chi connectivity index (χ0n) is 8.80. The molecule has 0 saturated heterocycles. The fourth-order valence-corrected chi connectivity index (χ4v) is 1.27. The van der Waals surface area contributed by atoms with Crippen molar-refractivity contribution >= 4 is 0 Å². The highest BCUT2D eigenvalue weighted by Crippen LogP contribution is 2.32. The van der Waals surface area contributed by atoms with Crippen LogP contribution in [0.25, 0.3) is 0 Å². The lowest BCUT2D eigenvalue weighted by Gasteiger charge is -2.29. The Hall–Kier alpha value is -1.00. The van der Waals surface area contributed by atoms with Gasteiger partial charge in [0.15, 0.2) is 0 Å². The van der Waals surface area contributed by atoms with Gasteiger partial charge in [0, 0.05) is 23.6 Å². The Morgan fingerprint density at radius 1 is 1.40 bits per heavy atom. The fourth-order valence-electron chi connectivity index (χ4n) is 1.27. The van der Waals surface area contributed by atoms with Gasteiger partial charge in [-0.1, -0.05) is 13.8 Å². The molecule has 0 fully saturated rings. The summed E-state index contributed by atoms with van der Waals surface area (Å²) in [6, 6.07) is 2.41. The molecule has 0 radical (unpaired) electrons. The second-order valence-corrected chi connectivity index (χ2v) is 4.29. The molecule has 0 aliphatic rings. The standard InChI is InChI=1S/C11H15F2NO/c1-11(2,6-15)10(14)8-5-7(12)3-4-9(8)13/h3-5,10,15H,6,14H2,1-2H3/t10-/m1/s1. The normalized spacial score (nSPS) is 14.0. The van der Waals surface area contributed by atoms with Crippen LogP contribution < -0.4 is 5.73 Å². The van der Waals surface area contributed by atoms with E-state index < -0.39 is 23.1 Å². The van der Waals surface area contributed by atoms with Gasteiger partial charge >= 0.3 is 0 Å². The molecule has 3 N–H and O–H groups in total. The summed E-state index contributed by atoms with van der Waals surface area (Å²) in [5, 5.41) is 9.09. The smallest absolute Gasteiger partial charge is 0.128 e. The van der Waals surface area contributed by atoms with E-state index >= 15 is 0 Å². The molecule has 0 bridgehead atoms. The number of aliphatic hydroxyl groups excluding tert-OH is 1. The Bertz CT molecular complexity index is 352. The molecule has 1 aromatic carbocycles. The SMILES string of the molecule is CC(C)(CO)[C@H](N)c1cc(F)ccc1F. The van der Waals surface area contributed by atoms with Crippen molar-refractivity contribution in [2.24, 2.45) is 11.1 Å². The second kappa shape index (κ2) is 4.24. The van der Waals surface area contributed by atoms with Crippen LogP contribution in [0.2, 0.25) is 0 Å². The van der Waals surface area contributed by atoms with Gasteiger partial charge in [0.2, 0.25) is 0 Å². The Morgan fingerprint density at radius 2 is 2.00 bits per heavy atom. The first-order valence-electron chi connectivity index (χ1n) is 4.70. The van der Waals surface area contributed by atoms with Gasteiger partial charge in [-0.05, 0) is 18.2 Å². The summed E-state index contributed by atoms with van der Waals surface area (Å²) in [5.74, 6) is -1.08. The van der Waals surface area contributed by atoms with Gasteiger partial charge in [0.05, 0.1) is 0 Å². The molecule has 0 aliphatic heterocycles. The third kappa shape index (κ3) is 2.52. The molecular weight excluding hydrogens is 200 g/mol. The Labute approximate surface area is 87.7 Å². The number of rotatable bonds is 3. The number of hydrogen-bond acceptors (Lipinski definition) is 2. The quantitative estimate of drug-likeness (QED) is 0.809. The van der Waals surface area contributed by atoms with E-state index in [0.29, 0.717) is 0 Å². The highest BCUT2D eigenvalue weighted by atomic mass is 19.1. The molecule has 0 unspecified atom stereocenters. The summed E-state index contributed by atoms with van der Waals surface area (Å²) in [5.41, 5.74) is 5.19. The van der Waals surface area contributed by atoms with Crippen LogP contribution in [0.4, 0.5) is 8.78 Å². The average molecular weight is 215 g/mol. The first-order chi connectivity index (χ1) is 6.88. The van der Waals surface area contributed by atoms with E-state index in [1.54, 1.807) is 13.8 Å². The van der Waals surface area contributed by atoms with Crippen molar-refractivity contribution in [3.8, 4) is 0 Å². The number of benzene rings is 1. The second-order valence-electron chi connectivity index (χ2n) is 4.29. The summed E-state index contributed by atoms with van der Waals surface area (Å²) in [6.07, 6.45) is 0. The minimum atomic E-state index is -0.738. The lowest BCUT2D eigenvalue weighted by atomic mass is 9.81. The molecule has 1 atom stereocenters. The predicted molar refractivity (Wildman–Crippen MR) is 54.2 cm³/mol. The van der Waals surface area contributed by atoms with Crippen LogP contribution in [0.5, 0.6) is 0 Å². The zero-order chi connectivity index (χ0) is 11.6. The van der Waals surface area contributed by atoms with Crippen molar-refractivity contribution in [2.75, 3.05) is 6.61 Å². The largest absolute Gasteiger partial charge is 0.396 e. The van der Waals surface area contributed by atoms with E-state index in [-0.39, 0.29) is 12.2 Å². The zero-order valence-corrected chi connectivity index (χ0v) is 8.80. The average Bonchev–Trinajstić information content (AvgIpc) is 2.20. The molecule has 0 amide bonds. The van der Waals surface area contributed by atoms with Crippen molar-refractivity contribution in [1.82, 2.24) is 0 Å². The van der Waals surface area contributed by atoms with E-state index in [1.807, 2.05) is 0 Å². The molecule has 84 valence electrons. The summed E-state index contributed by atoms with van der Waals surface area (Å²) < 4.78 is 26.3. The molecule has 0 heterocycles. The van der Waals surface area contributed by atoms with E-state index in [0.717, 1.165) is 18.2 Å². The minimum absolute atomic E-state index is 0.0917. The van der Waals surface area contributed by atoms with Gasteiger partial charge in [-0.3, -0.25) is 0 Å². The molecule has 4 heteroatoms. The first-order valence-corrected chi connectivity index (χ1v) is 4.70. The summed E-state index contributed by atoms with van der Waals surface area (Å²) in [6.45, 7) is 3.20. The van der Waals surface area contributed by atoms with Crippen LogP contribution in [0.1, 0.15) is 25.5 Å². The molecule has 0 spiro atoms. The molecule has 1 rings (SSSR count). The van der Waals surface area contributed by atoms with Gasteiger partial charge in [0.25, 0.3) is 0 Å². The molecule has 1 aromatic rings. The van der Waals surface area contributed by atoms with Crippen molar-refractivity contribution in [3.05, 3.63) is 35.4 Å². The van der Waals surface area contributed by atoms with Gasteiger partial charge in [-0.15, -0.1) is 0 Å². The molecule has 0 aromatic heterocycles. The maximum absolute atomic E-state index is 13.4.